The summed E-state index contributed by atoms with van der Waals surface area (Å²) in [5, 5.41) is 24.4. The highest BCUT2D eigenvalue weighted by atomic mass is 32.1. The first-order chi connectivity index (χ1) is 10.9. The minimum Gasteiger partial charge on any atom is -0.349 e. The summed E-state index contributed by atoms with van der Waals surface area (Å²) in [6.45, 7) is 1.46. The summed E-state index contributed by atoms with van der Waals surface area (Å²) in [5.74, 6) is -0.702. The Kier molecular flexibility index (Phi) is 5.16. The molecule has 1 aliphatic rings. The van der Waals surface area contributed by atoms with Crippen molar-refractivity contribution >= 4 is 34.6 Å². The summed E-state index contributed by atoms with van der Waals surface area (Å²) in [5.41, 5.74) is -1.22. The number of hydrogen-bond acceptors (Lipinski definition) is 6. The molecule has 2 rings (SSSR count). The van der Waals surface area contributed by atoms with Crippen LogP contribution in [-0.4, -0.2) is 38.9 Å². The van der Waals surface area contributed by atoms with Crippen molar-refractivity contribution in [2.75, 3.05) is 13.1 Å². The Morgan fingerprint density at radius 2 is 1.57 bits per heavy atom. The van der Waals surface area contributed by atoms with E-state index in [-0.39, 0.29) is 10.7 Å². The van der Waals surface area contributed by atoms with Gasteiger partial charge in [0.1, 0.15) is 0 Å². The van der Waals surface area contributed by atoms with Crippen molar-refractivity contribution in [3.63, 3.8) is 0 Å². The molecule has 1 heterocycles. The molecule has 1 aromatic rings. The highest BCUT2D eigenvalue weighted by Gasteiger charge is 2.22. The number of piperidine rings is 1. The zero-order valence-electron chi connectivity index (χ0n) is 12.1. The molecule has 10 heteroatoms. The first-order valence-corrected chi connectivity index (χ1v) is 7.33. The molecule has 1 N–H and O–H groups in total. The Balaban J connectivity index is 2.19. The highest BCUT2D eigenvalue weighted by molar-refractivity contribution is 7.80. The largest absolute Gasteiger partial charge is 0.349 e. The van der Waals surface area contributed by atoms with E-state index in [0.717, 1.165) is 50.6 Å². The van der Waals surface area contributed by atoms with Crippen LogP contribution in [0.5, 0.6) is 0 Å². The van der Waals surface area contributed by atoms with E-state index in [4.69, 9.17) is 12.2 Å². The minimum atomic E-state index is -0.785. The fourth-order valence-corrected chi connectivity index (χ4v) is 2.56. The third kappa shape index (κ3) is 4.19. The fraction of sp³-hybridized carbons (Fsp3) is 0.385. The zero-order valence-corrected chi connectivity index (χ0v) is 12.9. The van der Waals surface area contributed by atoms with Gasteiger partial charge in [0.05, 0.1) is 21.5 Å². The second-order valence-corrected chi connectivity index (χ2v) is 5.45. The number of nitro groups is 2. The summed E-state index contributed by atoms with van der Waals surface area (Å²) >= 11 is 5.15. The van der Waals surface area contributed by atoms with Crippen molar-refractivity contribution in [3.8, 4) is 0 Å². The van der Waals surface area contributed by atoms with E-state index in [2.05, 4.69) is 5.32 Å². The van der Waals surface area contributed by atoms with Crippen LogP contribution in [-0.2, 0) is 0 Å². The number of nitrogens with one attached hydrogen (secondary N) is 1. The normalized spacial score (nSPS) is 14.2. The summed E-state index contributed by atoms with van der Waals surface area (Å²) in [7, 11) is 0. The van der Waals surface area contributed by atoms with Gasteiger partial charge in [0.25, 0.3) is 17.3 Å². The van der Waals surface area contributed by atoms with Gasteiger partial charge in [-0.2, -0.15) is 0 Å². The SMILES string of the molecule is O=C(NC(=S)N1CCCCC1)c1cc([N+](=O)[O-])cc([N+](=O)[O-])c1. The van der Waals surface area contributed by atoms with Crippen molar-refractivity contribution in [1.82, 2.24) is 10.2 Å². The van der Waals surface area contributed by atoms with E-state index < -0.39 is 27.1 Å². The number of thiocarbonyl (C=S) groups is 1. The number of rotatable bonds is 3. The predicted octanol–water partition coefficient (Wildman–Crippen LogP) is 2.00. The van der Waals surface area contributed by atoms with Gasteiger partial charge in [-0.3, -0.25) is 30.3 Å². The Hall–Kier alpha value is -2.62. The topological polar surface area (TPSA) is 119 Å². The lowest BCUT2D eigenvalue weighted by Crippen LogP contribution is -2.44. The maximum absolute atomic E-state index is 12.2. The van der Waals surface area contributed by atoms with E-state index >= 15 is 0 Å². The monoisotopic (exact) mass is 338 g/mol. The van der Waals surface area contributed by atoms with E-state index in [1.165, 1.54) is 0 Å². The highest BCUT2D eigenvalue weighted by Crippen LogP contribution is 2.22. The van der Waals surface area contributed by atoms with E-state index in [1.54, 1.807) is 0 Å². The van der Waals surface area contributed by atoms with Crippen LogP contribution in [0, 0.1) is 20.2 Å². The average molecular weight is 338 g/mol. The van der Waals surface area contributed by atoms with Gasteiger partial charge in [-0.1, -0.05) is 0 Å². The Labute approximate surface area is 136 Å². The van der Waals surface area contributed by atoms with Crippen LogP contribution in [0.3, 0.4) is 0 Å². The second-order valence-electron chi connectivity index (χ2n) is 5.06. The third-order valence-corrected chi connectivity index (χ3v) is 3.81. The molecule has 1 saturated heterocycles. The van der Waals surface area contributed by atoms with Gasteiger partial charge < -0.3 is 4.90 Å². The molecule has 0 aromatic heterocycles. The molecule has 0 spiro atoms. The lowest BCUT2D eigenvalue weighted by molar-refractivity contribution is -0.394. The van der Waals surface area contributed by atoms with Gasteiger partial charge in [-0.25, -0.2) is 0 Å². The Bertz CT molecular complexity index is 640. The van der Waals surface area contributed by atoms with Crippen LogP contribution in [0.2, 0.25) is 0 Å². The van der Waals surface area contributed by atoms with Crippen molar-refractivity contribution in [1.29, 1.82) is 0 Å². The van der Waals surface area contributed by atoms with Crippen molar-refractivity contribution in [3.05, 3.63) is 44.0 Å². The lowest BCUT2D eigenvalue weighted by Gasteiger charge is -2.28. The average Bonchev–Trinajstić information content (AvgIpc) is 2.55. The molecule has 9 nitrogen and oxygen atoms in total. The molecule has 1 fully saturated rings. The summed E-state index contributed by atoms with van der Waals surface area (Å²) in [4.78, 5) is 34.1. The van der Waals surface area contributed by atoms with Crippen LogP contribution >= 0.6 is 12.2 Å². The maximum atomic E-state index is 12.2. The molecular weight excluding hydrogens is 324 g/mol. The molecule has 1 amide bonds. The zero-order chi connectivity index (χ0) is 17.0. The molecule has 1 aromatic carbocycles. The minimum absolute atomic E-state index is 0.176. The smallest absolute Gasteiger partial charge is 0.277 e. The van der Waals surface area contributed by atoms with E-state index in [9.17, 15) is 25.0 Å². The van der Waals surface area contributed by atoms with Crippen LogP contribution in [0.4, 0.5) is 11.4 Å². The Morgan fingerprint density at radius 1 is 1.04 bits per heavy atom. The van der Waals surface area contributed by atoms with Gasteiger partial charge in [-0.05, 0) is 31.5 Å². The van der Waals surface area contributed by atoms with E-state index in [1.807, 2.05) is 4.90 Å². The number of amides is 1. The molecule has 0 atom stereocenters. The number of hydrogen-bond donors (Lipinski definition) is 1. The molecule has 0 aliphatic carbocycles. The molecular formula is C13H14N4O5S. The van der Waals surface area contributed by atoms with Gasteiger partial charge >= 0.3 is 0 Å². The molecule has 23 heavy (non-hydrogen) atoms. The molecule has 0 bridgehead atoms. The van der Waals surface area contributed by atoms with Crippen molar-refractivity contribution in [2.45, 2.75) is 19.3 Å². The molecule has 0 radical (unpaired) electrons. The molecule has 0 saturated carbocycles. The lowest BCUT2D eigenvalue weighted by atomic mass is 10.1. The first-order valence-electron chi connectivity index (χ1n) is 6.92. The fourth-order valence-electron chi connectivity index (χ4n) is 2.28. The number of nitro benzene ring substituents is 2. The van der Waals surface area contributed by atoms with Gasteiger partial charge in [0.2, 0.25) is 0 Å². The molecule has 1 aliphatic heterocycles. The number of nitrogens with zero attached hydrogens (tertiary/aromatic N) is 3. The quantitative estimate of drug-likeness (QED) is 0.508. The van der Waals surface area contributed by atoms with Gasteiger partial charge in [0, 0.05) is 25.2 Å². The van der Waals surface area contributed by atoms with Crippen LogP contribution in [0.15, 0.2) is 18.2 Å². The number of carbonyl (C=O) groups is 1. The third-order valence-electron chi connectivity index (χ3n) is 3.45. The number of benzene rings is 1. The summed E-state index contributed by atoms with van der Waals surface area (Å²) in [6.07, 6.45) is 3.04. The van der Waals surface area contributed by atoms with Crippen LogP contribution < -0.4 is 5.32 Å². The Morgan fingerprint density at radius 3 is 2.04 bits per heavy atom. The van der Waals surface area contributed by atoms with Crippen molar-refractivity contribution in [2.24, 2.45) is 0 Å². The number of carbonyl (C=O) groups excluding carboxylic acids is 1. The standard InChI is InChI=1S/C13H14N4O5S/c18-12(14-13(23)15-4-2-1-3-5-15)9-6-10(16(19)20)8-11(7-9)17(21)22/h6-8H,1-5H2,(H,14,18,23). The maximum Gasteiger partial charge on any atom is 0.277 e. The van der Waals surface area contributed by atoms with Gasteiger partial charge in [0.15, 0.2) is 5.11 Å². The number of non-ortho nitro benzene ring substituents is 2. The van der Waals surface area contributed by atoms with E-state index in [0.29, 0.717) is 0 Å². The summed E-state index contributed by atoms with van der Waals surface area (Å²) < 4.78 is 0. The van der Waals surface area contributed by atoms with Crippen LogP contribution in [0.1, 0.15) is 29.6 Å². The summed E-state index contributed by atoms with van der Waals surface area (Å²) in [6, 6.07) is 2.78. The molecule has 0 unspecified atom stereocenters. The number of likely N-dealkylation sites (tertiary alicyclic amines) is 1. The van der Waals surface area contributed by atoms with Crippen molar-refractivity contribution < 1.29 is 14.6 Å². The van der Waals surface area contributed by atoms with Gasteiger partial charge in [-0.15, -0.1) is 0 Å². The van der Waals surface area contributed by atoms with Crippen LogP contribution in [0.25, 0.3) is 0 Å². The second kappa shape index (κ2) is 7.09. The molecule has 122 valence electrons. The predicted molar refractivity (Wildman–Crippen MR) is 85.2 cm³/mol. The first kappa shape index (κ1) is 16.7.